The second kappa shape index (κ2) is 6.42. The van der Waals surface area contributed by atoms with Crippen molar-refractivity contribution in [3.63, 3.8) is 0 Å². The van der Waals surface area contributed by atoms with Crippen molar-refractivity contribution in [3.8, 4) is 0 Å². The van der Waals surface area contributed by atoms with E-state index in [0.29, 0.717) is 12.0 Å². The first-order chi connectivity index (χ1) is 9.65. The Morgan fingerprint density at radius 2 is 2.00 bits per heavy atom. The third-order valence-electron chi connectivity index (χ3n) is 3.46. The summed E-state index contributed by atoms with van der Waals surface area (Å²) in [6.07, 6.45) is 2.38. The molecule has 0 spiro atoms. The number of nitrogens with zero attached hydrogens (tertiary/aromatic N) is 1. The van der Waals surface area contributed by atoms with Crippen LogP contribution in [-0.4, -0.2) is 28.2 Å². The average Bonchev–Trinajstić information content (AvgIpc) is 2.52. The third kappa shape index (κ3) is 2.89. The van der Waals surface area contributed by atoms with Crippen LogP contribution in [0.25, 0.3) is 10.9 Å². The summed E-state index contributed by atoms with van der Waals surface area (Å²) in [5.74, 6) is 0.385. The molecule has 0 aliphatic carbocycles. The van der Waals surface area contributed by atoms with Crippen molar-refractivity contribution in [2.75, 3.05) is 11.8 Å². The fourth-order valence-electron chi connectivity index (χ4n) is 1.99. The highest BCUT2D eigenvalue weighted by molar-refractivity contribution is 6.22. The summed E-state index contributed by atoms with van der Waals surface area (Å²) < 4.78 is 0. The number of rotatable bonds is 5. The summed E-state index contributed by atoms with van der Waals surface area (Å²) in [7, 11) is 0. The lowest BCUT2D eigenvalue weighted by Crippen LogP contribution is -2.51. The Balaban J connectivity index is 2.37. The van der Waals surface area contributed by atoms with E-state index < -0.39 is 5.54 Å². The van der Waals surface area contributed by atoms with E-state index in [-0.39, 0.29) is 17.7 Å². The Labute approximate surface area is 128 Å². The van der Waals surface area contributed by atoms with Gasteiger partial charge in [-0.05, 0) is 24.6 Å². The van der Waals surface area contributed by atoms with Gasteiger partial charge < -0.3 is 5.32 Å². The summed E-state index contributed by atoms with van der Waals surface area (Å²) in [6, 6.07) is 9.17. The van der Waals surface area contributed by atoms with E-state index in [1.54, 1.807) is 12.3 Å². The Morgan fingerprint density at radius 1 is 1.25 bits per heavy atom. The van der Waals surface area contributed by atoms with Gasteiger partial charge in [0.2, 0.25) is 0 Å². The maximum atomic E-state index is 12.5. The molecule has 1 aromatic carbocycles. The number of fused-ring (bicyclic) bond motifs is 1. The molecule has 0 radical (unpaired) electrons. The number of alkyl halides is 2. The maximum Gasteiger partial charge on any atom is 0.252 e. The molecule has 2 rings (SSSR count). The lowest BCUT2D eigenvalue weighted by atomic mass is 9.99. The summed E-state index contributed by atoms with van der Waals surface area (Å²) >= 11 is 11.9. The van der Waals surface area contributed by atoms with E-state index in [1.165, 1.54) is 0 Å². The monoisotopic (exact) mass is 310 g/mol. The molecule has 0 aliphatic heterocycles. The van der Waals surface area contributed by atoms with Crippen LogP contribution in [0.15, 0.2) is 36.5 Å². The summed E-state index contributed by atoms with van der Waals surface area (Å²) in [5, 5.41) is 3.78. The molecule has 1 N–H and O–H groups in total. The van der Waals surface area contributed by atoms with Crippen LogP contribution in [0.2, 0.25) is 0 Å². The number of carbonyl (C=O) groups is 1. The lowest BCUT2D eigenvalue weighted by Gasteiger charge is -2.29. The van der Waals surface area contributed by atoms with Crippen LogP contribution in [0.3, 0.4) is 0 Å². The molecule has 106 valence electrons. The van der Waals surface area contributed by atoms with Gasteiger partial charge in [0, 0.05) is 28.9 Å². The van der Waals surface area contributed by atoms with E-state index in [1.807, 2.05) is 31.2 Å². The predicted octanol–water partition coefficient (Wildman–Crippen LogP) is 3.59. The highest BCUT2D eigenvalue weighted by Crippen LogP contribution is 2.20. The Bertz CT molecular complexity index is 598. The first-order valence-corrected chi connectivity index (χ1v) is 7.51. The molecule has 5 heteroatoms. The first kappa shape index (κ1) is 15.1. The Morgan fingerprint density at radius 3 is 2.65 bits per heavy atom. The first-order valence-electron chi connectivity index (χ1n) is 6.44. The molecule has 0 atom stereocenters. The number of hydrogen-bond acceptors (Lipinski definition) is 2. The van der Waals surface area contributed by atoms with Crippen molar-refractivity contribution in [1.82, 2.24) is 10.3 Å². The zero-order chi connectivity index (χ0) is 14.6. The van der Waals surface area contributed by atoms with Crippen LogP contribution in [0.4, 0.5) is 0 Å². The summed E-state index contributed by atoms with van der Waals surface area (Å²) in [4.78, 5) is 16.7. The molecule has 0 aliphatic rings. The van der Waals surface area contributed by atoms with Gasteiger partial charge in [-0.1, -0.05) is 19.1 Å². The van der Waals surface area contributed by atoms with Gasteiger partial charge in [-0.25, -0.2) is 0 Å². The molecule has 0 saturated carbocycles. The Kier molecular flexibility index (Phi) is 4.84. The van der Waals surface area contributed by atoms with Crippen LogP contribution in [0.1, 0.15) is 23.7 Å². The third-order valence-corrected chi connectivity index (χ3v) is 4.48. The van der Waals surface area contributed by atoms with E-state index in [2.05, 4.69) is 10.3 Å². The number of carbonyl (C=O) groups excluding carboxylic acids is 1. The predicted molar refractivity (Wildman–Crippen MR) is 83.7 cm³/mol. The normalized spacial score (nSPS) is 11.6. The van der Waals surface area contributed by atoms with Gasteiger partial charge in [-0.15, -0.1) is 23.2 Å². The van der Waals surface area contributed by atoms with Crippen LogP contribution in [-0.2, 0) is 0 Å². The van der Waals surface area contributed by atoms with Crippen LogP contribution in [0.5, 0.6) is 0 Å². The van der Waals surface area contributed by atoms with Gasteiger partial charge in [0.25, 0.3) is 5.91 Å². The highest BCUT2D eigenvalue weighted by Gasteiger charge is 2.29. The smallest absolute Gasteiger partial charge is 0.252 e. The zero-order valence-corrected chi connectivity index (χ0v) is 12.7. The number of aromatic nitrogens is 1. The van der Waals surface area contributed by atoms with Gasteiger partial charge in [-0.2, -0.15) is 0 Å². The number of pyridine rings is 1. The minimum atomic E-state index is -0.579. The summed E-state index contributed by atoms with van der Waals surface area (Å²) in [5.41, 5.74) is 0.799. The van der Waals surface area contributed by atoms with Crippen molar-refractivity contribution in [2.24, 2.45) is 0 Å². The molecule has 0 bridgehead atoms. The van der Waals surface area contributed by atoms with Gasteiger partial charge in [0.15, 0.2) is 0 Å². The maximum absolute atomic E-state index is 12.5. The van der Waals surface area contributed by atoms with Crippen LogP contribution >= 0.6 is 23.2 Å². The molecule has 20 heavy (non-hydrogen) atoms. The lowest BCUT2D eigenvalue weighted by molar-refractivity contribution is 0.0915. The van der Waals surface area contributed by atoms with E-state index >= 15 is 0 Å². The van der Waals surface area contributed by atoms with Gasteiger partial charge in [-0.3, -0.25) is 9.78 Å². The second-order valence-corrected chi connectivity index (χ2v) is 5.27. The van der Waals surface area contributed by atoms with Crippen molar-refractivity contribution in [1.29, 1.82) is 0 Å². The highest BCUT2D eigenvalue weighted by atomic mass is 35.5. The second-order valence-electron chi connectivity index (χ2n) is 4.73. The van der Waals surface area contributed by atoms with Gasteiger partial charge >= 0.3 is 0 Å². The van der Waals surface area contributed by atoms with Crippen molar-refractivity contribution in [2.45, 2.75) is 18.9 Å². The van der Waals surface area contributed by atoms with Crippen LogP contribution in [0, 0.1) is 0 Å². The van der Waals surface area contributed by atoms with Gasteiger partial charge in [0.05, 0.1) is 11.1 Å². The van der Waals surface area contributed by atoms with Crippen LogP contribution < -0.4 is 5.32 Å². The van der Waals surface area contributed by atoms with Crippen molar-refractivity contribution >= 4 is 40.0 Å². The fourth-order valence-corrected chi connectivity index (χ4v) is 2.79. The number of amides is 1. The Hall–Kier alpha value is -1.32. The quantitative estimate of drug-likeness (QED) is 0.857. The van der Waals surface area contributed by atoms with E-state index in [0.717, 1.165) is 10.9 Å². The molecule has 1 amide bonds. The van der Waals surface area contributed by atoms with Crippen molar-refractivity contribution < 1.29 is 4.79 Å². The molecule has 1 heterocycles. The molecule has 0 saturated heterocycles. The average molecular weight is 311 g/mol. The number of halogens is 2. The fraction of sp³-hybridized carbons (Fsp3) is 0.333. The molecular weight excluding hydrogens is 295 g/mol. The molecule has 0 unspecified atom stereocenters. The van der Waals surface area contributed by atoms with Crippen molar-refractivity contribution in [3.05, 3.63) is 42.1 Å². The number of benzene rings is 1. The minimum Gasteiger partial charge on any atom is -0.344 e. The molecule has 0 fully saturated rings. The molecule has 3 nitrogen and oxygen atoms in total. The SMILES string of the molecule is CCC(CCl)(CCl)NC(=O)c1cccc2ncccc12. The standard InChI is InChI=1S/C15H16Cl2N2O/c1-2-15(9-16,10-17)19-14(20)12-5-3-7-13-11(12)6-4-8-18-13/h3-8H,2,9-10H2,1H3,(H,19,20). The van der Waals surface area contributed by atoms with Gasteiger partial charge in [0.1, 0.15) is 0 Å². The molecule has 1 aromatic heterocycles. The molecule has 2 aromatic rings. The largest absolute Gasteiger partial charge is 0.344 e. The topological polar surface area (TPSA) is 42.0 Å². The zero-order valence-electron chi connectivity index (χ0n) is 11.2. The van der Waals surface area contributed by atoms with E-state index in [9.17, 15) is 4.79 Å². The summed E-state index contributed by atoms with van der Waals surface area (Å²) in [6.45, 7) is 1.95. The number of nitrogens with one attached hydrogen (secondary N) is 1. The van der Waals surface area contributed by atoms with E-state index in [4.69, 9.17) is 23.2 Å². The number of hydrogen-bond donors (Lipinski definition) is 1. The molecular formula is C15H16Cl2N2O. The minimum absolute atomic E-state index is 0.174.